The van der Waals surface area contributed by atoms with Crippen molar-refractivity contribution in [1.82, 2.24) is 4.90 Å². The molecule has 0 saturated heterocycles. The minimum atomic E-state index is -0.942. The molecule has 1 aromatic rings. The Balaban J connectivity index is 2.98. The van der Waals surface area contributed by atoms with Gasteiger partial charge in [0.25, 0.3) is 5.91 Å². The van der Waals surface area contributed by atoms with E-state index in [1.54, 1.807) is 39.1 Å². The predicted molar refractivity (Wildman–Crippen MR) is 75.9 cm³/mol. The first kappa shape index (κ1) is 15.8. The molecule has 0 radical (unpaired) electrons. The molecule has 1 aromatic carbocycles. The van der Waals surface area contributed by atoms with E-state index in [4.69, 9.17) is 16.3 Å². The van der Waals surface area contributed by atoms with Gasteiger partial charge in [0.05, 0.1) is 17.8 Å². The van der Waals surface area contributed by atoms with Gasteiger partial charge in [-0.05, 0) is 39.0 Å². The van der Waals surface area contributed by atoms with E-state index >= 15 is 0 Å². The molecule has 106 valence electrons. The number of hydrogen-bond acceptors (Lipinski definition) is 3. The lowest BCUT2D eigenvalue weighted by atomic mass is 10.1. The van der Waals surface area contributed by atoms with E-state index in [0.717, 1.165) is 0 Å². The monoisotopic (exact) mass is 285 g/mol. The van der Waals surface area contributed by atoms with Crippen LogP contribution in [0.25, 0.3) is 0 Å². The zero-order valence-corrected chi connectivity index (χ0v) is 12.5. The van der Waals surface area contributed by atoms with Crippen molar-refractivity contribution in [1.29, 1.82) is 0 Å². The number of nitrogens with zero attached hydrogens (tertiary/aromatic N) is 1. The first-order valence-electron chi connectivity index (χ1n) is 6.15. The van der Waals surface area contributed by atoms with E-state index in [9.17, 15) is 9.90 Å². The van der Waals surface area contributed by atoms with Gasteiger partial charge in [-0.2, -0.15) is 0 Å². The predicted octanol–water partition coefficient (Wildman–Crippen LogP) is 2.58. The van der Waals surface area contributed by atoms with Crippen molar-refractivity contribution in [3.05, 3.63) is 28.8 Å². The Bertz CT molecular complexity index is 454. The van der Waals surface area contributed by atoms with Gasteiger partial charge in [-0.15, -0.1) is 0 Å². The van der Waals surface area contributed by atoms with E-state index < -0.39 is 5.60 Å². The third-order valence-corrected chi connectivity index (χ3v) is 2.68. The van der Waals surface area contributed by atoms with Crippen molar-refractivity contribution in [2.24, 2.45) is 0 Å². The molecule has 0 aliphatic carbocycles. The number of carbonyl (C=O) groups is 1. The number of aliphatic hydroxyl groups is 1. The molecule has 0 heterocycles. The van der Waals surface area contributed by atoms with Gasteiger partial charge >= 0.3 is 0 Å². The van der Waals surface area contributed by atoms with Crippen LogP contribution in [0.1, 0.15) is 31.1 Å². The van der Waals surface area contributed by atoms with E-state index in [0.29, 0.717) is 22.9 Å². The molecule has 4 nitrogen and oxygen atoms in total. The van der Waals surface area contributed by atoms with Gasteiger partial charge in [-0.3, -0.25) is 4.79 Å². The van der Waals surface area contributed by atoms with Crippen molar-refractivity contribution in [2.45, 2.75) is 26.4 Å². The van der Waals surface area contributed by atoms with Crippen LogP contribution < -0.4 is 4.74 Å². The van der Waals surface area contributed by atoms with Crippen LogP contribution in [-0.4, -0.2) is 41.7 Å². The van der Waals surface area contributed by atoms with Crippen LogP contribution in [0.5, 0.6) is 5.75 Å². The van der Waals surface area contributed by atoms with Gasteiger partial charge in [0, 0.05) is 18.6 Å². The Morgan fingerprint density at radius 1 is 1.47 bits per heavy atom. The van der Waals surface area contributed by atoms with Crippen molar-refractivity contribution < 1.29 is 14.6 Å². The van der Waals surface area contributed by atoms with Gasteiger partial charge < -0.3 is 14.7 Å². The van der Waals surface area contributed by atoms with E-state index in [1.165, 1.54) is 4.90 Å². The van der Waals surface area contributed by atoms with Gasteiger partial charge in [0.1, 0.15) is 5.75 Å². The van der Waals surface area contributed by atoms with Gasteiger partial charge in [-0.1, -0.05) is 11.6 Å². The Morgan fingerprint density at radius 2 is 2.11 bits per heavy atom. The fourth-order valence-corrected chi connectivity index (χ4v) is 1.97. The van der Waals surface area contributed by atoms with Crippen LogP contribution in [0, 0.1) is 0 Å². The summed E-state index contributed by atoms with van der Waals surface area (Å²) in [5, 5.41) is 10.3. The van der Waals surface area contributed by atoms with Crippen molar-refractivity contribution in [2.75, 3.05) is 20.2 Å². The number of carbonyl (C=O) groups excluding carboxylic acids is 1. The maximum absolute atomic E-state index is 12.3. The Kier molecular flexibility index (Phi) is 5.20. The van der Waals surface area contributed by atoms with Crippen LogP contribution in [0.15, 0.2) is 18.2 Å². The summed E-state index contributed by atoms with van der Waals surface area (Å²) in [6.45, 7) is 5.84. The second-order valence-corrected chi connectivity index (χ2v) is 5.48. The smallest absolute Gasteiger partial charge is 0.257 e. The molecule has 0 bridgehead atoms. The lowest BCUT2D eigenvalue weighted by Crippen LogP contribution is -2.39. The number of rotatable bonds is 5. The highest BCUT2D eigenvalue weighted by Gasteiger charge is 2.22. The lowest BCUT2D eigenvalue weighted by molar-refractivity contribution is 0.0366. The summed E-state index contributed by atoms with van der Waals surface area (Å²) in [5.74, 6) is 0.254. The molecule has 0 atom stereocenters. The zero-order valence-electron chi connectivity index (χ0n) is 11.7. The zero-order chi connectivity index (χ0) is 14.6. The summed E-state index contributed by atoms with van der Waals surface area (Å²) in [4.78, 5) is 13.8. The Morgan fingerprint density at radius 3 is 2.63 bits per heavy atom. The molecule has 19 heavy (non-hydrogen) atoms. The van der Waals surface area contributed by atoms with Crippen LogP contribution in [-0.2, 0) is 0 Å². The first-order valence-corrected chi connectivity index (χ1v) is 6.52. The summed E-state index contributed by atoms with van der Waals surface area (Å²) in [6, 6.07) is 4.90. The largest absolute Gasteiger partial charge is 0.493 e. The highest BCUT2D eigenvalue weighted by molar-refractivity contribution is 6.30. The number of ether oxygens (including phenoxy) is 1. The van der Waals surface area contributed by atoms with E-state index in [2.05, 4.69) is 0 Å². The van der Waals surface area contributed by atoms with Crippen molar-refractivity contribution in [3.63, 3.8) is 0 Å². The molecule has 1 amide bonds. The highest BCUT2D eigenvalue weighted by Crippen LogP contribution is 2.25. The molecule has 0 unspecified atom stereocenters. The second kappa shape index (κ2) is 6.26. The molecular weight excluding hydrogens is 266 g/mol. The SMILES string of the molecule is CCOc1cc(Cl)ccc1C(=O)N(C)CC(C)(C)O. The van der Waals surface area contributed by atoms with Crippen molar-refractivity contribution in [3.8, 4) is 5.75 Å². The molecule has 0 spiro atoms. The molecule has 1 N–H and O–H groups in total. The third-order valence-electron chi connectivity index (χ3n) is 2.44. The summed E-state index contributed by atoms with van der Waals surface area (Å²) >= 11 is 5.90. The standard InChI is InChI=1S/C14H20ClNO3/c1-5-19-12-8-10(15)6-7-11(12)13(17)16(4)9-14(2,3)18/h6-8,18H,5,9H2,1-4H3. The number of benzene rings is 1. The molecule has 0 aromatic heterocycles. The summed E-state index contributed by atoms with van der Waals surface area (Å²) < 4.78 is 5.42. The molecule has 0 aliphatic rings. The average Bonchev–Trinajstić information content (AvgIpc) is 2.26. The van der Waals surface area contributed by atoms with Gasteiger partial charge in [0.15, 0.2) is 0 Å². The second-order valence-electron chi connectivity index (χ2n) is 5.05. The molecule has 1 rings (SSSR count). The van der Waals surface area contributed by atoms with Gasteiger partial charge in [0.2, 0.25) is 0 Å². The van der Waals surface area contributed by atoms with Crippen LogP contribution in [0.2, 0.25) is 5.02 Å². The fourth-order valence-electron chi connectivity index (χ4n) is 1.81. The first-order chi connectivity index (χ1) is 8.74. The quantitative estimate of drug-likeness (QED) is 0.905. The Labute approximate surface area is 118 Å². The molecule has 0 fully saturated rings. The molecule has 0 saturated carbocycles. The van der Waals surface area contributed by atoms with E-state index in [1.807, 2.05) is 6.92 Å². The summed E-state index contributed by atoms with van der Waals surface area (Å²) in [6.07, 6.45) is 0. The highest BCUT2D eigenvalue weighted by atomic mass is 35.5. The maximum atomic E-state index is 12.3. The van der Waals surface area contributed by atoms with Crippen LogP contribution >= 0.6 is 11.6 Å². The minimum absolute atomic E-state index is 0.206. The van der Waals surface area contributed by atoms with Gasteiger partial charge in [-0.25, -0.2) is 0 Å². The fraction of sp³-hybridized carbons (Fsp3) is 0.500. The minimum Gasteiger partial charge on any atom is -0.493 e. The van der Waals surface area contributed by atoms with Crippen LogP contribution in [0.3, 0.4) is 0 Å². The third kappa shape index (κ3) is 4.73. The Hall–Kier alpha value is -1.26. The number of amides is 1. The lowest BCUT2D eigenvalue weighted by Gasteiger charge is -2.26. The summed E-state index contributed by atoms with van der Waals surface area (Å²) in [7, 11) is 1.64. The average molecular weight is 286 g/mol. The topological polar surface area (TPSA) is 49.8 Å². The van der Waals surface area contributed by atoms with E-state index in [-0.39, 0.29) is 12.5 Å². The number of halogens is 1. The number of hydrogen-bond donors (Lipinski definition) is 1. The summed E-state index contributed by atoms with van der Waals surface area (Å²) in [5.41, 5.74) is -0.499. The number of likely N-dealkylation sites (N-methyl/N-ethyl adjacent to an activating group) is 1. The normalized spacial score (nSPS) is 11.3. The molecule has 5 heteroatoms. The van der Waals surface area contributed by atoms with Crippen molar-refractivity contribution >= 4 is 17.5 Å². The van der Waals surface area contributed by atoms with Crippen LogP contribution in [0.4, 0.5) is 0 Å². The maximum Gasteiger partial charge on any atom is 0.257 e. The molecule has 0 aliphatic heterocycles. The molecular formula is C14H20ClNO3.